The molecular formula is C15H30N2O2. The summed E-state index contributed by atoms with van der Waals surface area (Å²) in [4.78, 5) is 11.7. The predicted molar refractivity (Wildman–Crippen MR) is 78.0 cm³/mol. The Morgan fingerprint density at radius 1 is 1.37 bits per heavy atom. The van der Waals surface area contributed by atoms with Crippen molar-refractivity contribution in [3.8, 4) is 0 Å². The van der Waals surface area contributed by atoms with E-state index in [2.05, 4.69) is 12.2 Å². The maximum absolute atomic E-state index is 11.7. The number of hydrogen-bond acceptors (Lipinski definition) is 3. The molecule has 4 nitrogen and oxygen atoms in total. The van der Waals surface area contributed by atoms with Gasteiger partial charge in [0.2, 0.25) is 0 Å². The minimum atomic E-state index is -0.313. The molecule has 1 amide bonds. The second kappa shape index (κ2) is 9.18. The van der Waals surface area contributed by atoms with E-state index in [4.69, 9.17) is 10.5 Å². The van der Waals surface area contributed by atoms with Gasteiger partial charge in [0, 0.05) is 12.1 Å². The van der Waals surface area contributed by atoms with Gasteiger partial charge in [-0.25, -0.2) is 4.79 Å². The van der Waals surface area contributed by atoms with Gasteiger partial charge < -0.3 is 15.8 Å². The van der Waals surface area contributed by atoms with E-state index in [9.17, 15) is 4.79 Å². The SMILES string of the molecule is CCCCOC(=O)N[C@@H](CC1CCCCC1)[C@H](C)N. The van der Waals surface area contributed by atoms with Crippen molar-refractivity contribution in [1.82, 2.24) is 5.32 Å². The molecule has 1 aliphatic rings. The number of rotatable bonds is 7. The van der Waals surface area contributed by atoms with E-state index in [-0.39, 0.29) is 18.2 Å². The largest absolute Gasteiger partial charge is 0.450 e. The van der Waals surface area contributed by atoms with E-state index in [1.54, 1.807) is 0 Å². The summed E-state index contributed by atoms with van der Waals surface area (Å²) in [5.41, 5.74) is 5.99. The maximum Gasteiger partial charge on any atom is 0.407 e. The van der Waals surface area contributed by atoms with Gasteiger partial charge in [0.1, 0.15) is 0 Å². The molecule has 112 valence electrons. The van der Waals surface area contributed by atoms with Crippen LogP contribution < -0.4 is 11.1 Å². The molecular weight excluding hydrogens is 240 g/mol. The third-order valence-corrected chi connectivity index (χ3v) is 3.98. The van der Waals surface area contributed by atoms with Gasteiger partial charge in [0.05, 0.1) is 6.61 Å². The van der Waals surface area contributed by atoms with Crippen molar-refractivity contribution in [3.05, 3.63) is 0 Å². The van der Waals surface area contributed by atoms with E-state index in [1.165, 1.54) is 32.1 Å². The second-order valence-electron chi connectivity index (χ2n) is 5.84. The molecule has 0 aliphatic heterocycles. The van der Waals surface area contributed by atoms with Gasteiger partial charge >= 0.3 is 6.09 Å². The van der Waals surface area contributed by atoms with Gasteiger partial charge in [-0.2, -0.15) is 0 Å². The van der Waals surface area contributed by atoms with Gasteiger partial charge in [0.15, 0.2) is 0 Å². The highest BCUT2D eigenvalue weighted by Gasteiger charge is 2.23. The lowest BCUT2D eigenvalue weighted by molar-refractivity contribution is 0.136. The summed E-state index contributed by atoms with van der Waals surface area (Å²) in [5, 5.41) is 2.94. The average Bonchev–Trinajstić information content (AvgIpc) is 2.39. The molecule has 19 heavy (non-hydrogen) atoms. The lowest BCUT2D eigenvalue weighted by Gasteiger charge is -2.29. The van der Waals surface area contributed by atoms with E-state index >= 15 is 0 Å². The number of unbranched alkanes of at least 4 members (excludes halogenated alkanes) is 1. The quantitative estimate of drug-likeness (QED) is 0.698. The molecule has 2 atom stereocenters. The molecule has 4 heteroatoms. The number of amides is 1. The third kappa shape index (κ3) is 6.81. The van der Waals surface area contributed by atoms with Crippen LogP contribution in [0.3, 0.4) is 0 Å². The number of nitrogens with two attached hydrogens (primary N) is 1. The highest BCUT2D eigenvalue weighted by atomic mass is 16.5. The van der Waals surface area contributed by atoms with E-state index in [0.29, 0.717) is 12.5 Å². The molecule has 0 aromatic carbocycles. The summed E-state index contributed by atoms with van der Waals surface area (Å²) in [7, 11) is 0. The lowest BCUT2D eigenvalue weighted by atomic mass is 9.83. The van der Waals surface area contributed by atoms with Crippen LogP contribution in [0.15, 0.2) is 0 Å². The molecule has 0 aromatic heterocycles. The molecule has 0 spiro atoms. The monoisotopic (exact) mass is 270 g/mol. The van der Waals surface area contributed by atoms with Gasteiger partial charge in [-0.05, 0) is 25.7 Å². The first-order valence-electron chi connectivity index (χ1n) is 7.82. The zero-order chi connectivity index (χ0) is 14.1. The second-order valence-corrected chi connectivity index (χ2v) is 5.84. The van der Waals surface area contributed by atoms with E-state index in [1.807, 2.05) is 6.92 Å². The third-order valence-electron chi connectivity index (χ3n) is 3.98. The van der Waals surface area contributed by atoms with Crippen LogP contribution in [0, 0.1) is 5.92 Å². The normalized spacial score (nSPS) is 19.7. The predicted octanol–water partition coefficient (Wildman–Crippen LogP) is 3.20. The summed E-state index contributed by atoms with van der Waals surface area (Å²) in [5.74, 6) is 0.709. The van der Waals surface area contributed by atoms with Crippen molar-refractivity contribution in [2.75, 3.05) is 6.61 Å². The Kier molecular flexibility index (Phi) is 7.87. The number of carbonyl (C=O) groups excluding carboxylic acids is 1. The Morgan fingerprint density at radius 2 is 2.05 bits per heavy atom. The zero-order valence-corrected chi connectivity index (χ0v) is 12.5. The van der Waals surface area contributed by atoms with Crippen molar-refractivity contribution in [2.24, 2.45) is 11.7 Å². The molecule has 0 unspecified atom stereocenters. The number of nitrogens with one attached hydrogen (secondary N) is 1. The van der Waals surface area contributed by atoms with Crippen LogP contribution in [-0.2, 0) is 4.74 Å². The van der Waals surface area contributed by atoms with Gasteiger partial charge in [-0.15, -0.1) is 0 Å². The zero-order valence-electron chi connectivity index (χ0n) is 12.5. The number of ether oxygens (including phenoxy) is 1. The fourth-order valence-electron chi connectivity index (χ4n) is 2.69. The fourth-order valence-corrected chi connectivity index (χ4v) is 2.69. The highest BCUT2D eigenvalue weighted by molar-refractivity contribution is 5.67. The number of hydrogen-bond donors (Lipinski definition) is 2. The Balaban J connectivity index is 2.32. The van der Waals surface area contributed by atoms with Crippen LogP contribution in [-0.4, -0.2) is 24.8 Å². The molecule has 0 saturated heterocycles. The van der Waals surface area contributed by atoms with Crippen LogP contribution >= 0.6 is 0 Å². The molecule has 0 bridgehead atoms. The van der Waals surface area contributed by atoms with Crippen LogP contribution in [0.25, 0.3) is 0 Å². The first kappa shape index (κ1) is 16.3. The van der Waals surface area contributed by atoms with Crippen LogP contribution in [0.1, 0.15) is 65.2 Å². The summed E-state index contributed by atoms with van der Waals surface area (Å²) in [6, 6.07) is 0.0119. The Labute approximate surface area is 117 Å². The van der Waals surface area contributed by atoms with Crippen molar-refractivity contribution >= 4 is 6.09 Å². The van der Waals surface area contributed by atoms with Crippen LogP contribution in [0.5, 0.6) is 0 Å². The molecule has 0 heterocycles. The van der Waals surface area contributed by atoms with E-state index in [0.717, 1.165) is 19.3 Å². The van der Waals surface area contributed by atoms with Gasteiger partial charge in [-0.3, -0.25) is 0 Å². The smallest absolute Gasteiger partial charge is 0.407 e. The number of alkyl carbamates (subject to hydrolysis) is 1. The summed E-state index contributed by atoms with van der Waals surface area (Å²) in [6.45, 7) is 4.53. The standard InChI is InChI=1S/C15H30N2O2/c1-3-4-10-19-15(18)17-14(12(2)16)11-13-8-6-5-7-9-13/h12-14H,3-11,16H2,1-2H3,(H,17,18)/t12-,14-/m0/s1. The molecule has 0 aromatic rings. The van der Waals surface area contributed by atoms with Crippen molar-refractivity contribution in [2.45, 2.75) is 77.3 Å². The summed E-state index contributed by atoms with van der Waals surface area (Å²) < 4.78 is 5.15. The Morgan fingerprint density at radius 3 is 2.63 bits per heavy atom. The summed E-state index contributed by atoms with van der Waals surface area (Å²) in [6.07, 6.45) is 9.16. The van der Waals surface area contributed by atoms with Crippen molar-refractivity contribution in [1.29, 1.82) is 0 Å². The van der Waals surface area contributed by atoms with Crippen molar-refractivity contribution < 1.29 is 9.53 Å². The molecule has 0 radical (unpaired) electrons. The van der Waals surface area contributed by atoms with Gasteiger partial charge in [0.25, 0.3) is 0 Å². The maximum atomic E-state index is 11.7. The minimum Gasteiger partial charge on any atom is -0.450 e. The molecule has 1 fully saturated rings. The first-order chi connectivity index (χ1) is 9.13. The topological polar surface area (TPSA) is 64.3 Å². The molecule has 1 rings (SSSR count). The summed E-state index contributed by atoms with van der Waals surface area (Å²) >= 11 is 0. The van der Waals surface area contributed by atoms with E-state index < -0.39 is 0 Å². The molecule has 1 saturated carbocycles. The number of carbonyl (C=O) groups is 1. The van der Waals surface area contributed by atoms with Crippen LogP contribution in [0.2, 0.25) is 0 Å². The lowest BCUT2D eigenvalue weighted by Crippen LogP contribution is -2.47. The average molecular weight is 270 g/mol. The molecule has 3 N–H and O–H groups in total. The first-order valence-corrected chi connectivity index (χ1v) is 7.82. The van der Waals surface area contributed by atoms with Crippen LogP contribution in [0.4, 0.5) is 4.79 Å². The van der Waals surface area contributed by atoms with Gasteiger partial charge in [-0.1, -0.05) is 45.4 Å². The Bertz CT molecular complexity index is 251. The fraction of sp³-hybridized carbons (Fsp3) is 0.933. The Hall–Kier alpha value is -0.770. The molecule has 1 aliphatic carbocycles. The van der Waals surface area contributed by atoms with Crippen molar-refractivity contribution in [3.63, 3.8) is 0 Å². The minimum absolute atomic E-state index is 0.0272. The highest BCUT2D eigenvalue weighted by Crippen LogP contribution is 2.27.